The van der Waals surface area contributed by atoms with Gasteiger partial charge in [-0.2, -0.15) is 0 Å². The lowest BCUT2D eigenvalue weighted by atomic mass is 9.86. The van der Waals surface area contributed by atoms with Gasteiger partial charge < -0.3 is 5.11 Å². The molecule has 0 aliphatic carbocycles. The molecule has 1 saturated heterocycles. The van der Waals surface area contributed by atoms with E-state index in [1.54, 1.807) is 0 Å². The van der Waals surface area contributed by atoms with E-state index in [-0.39, 0.29) is 5.41 Å². The molecular formula is C19H29NO2. The Bertz CT molecular complexity index is 487. The molecule has 0 radical (unpaired) electrons. The Balaban J connectivity index is 1.94. The van der Waals surface area contributed by atoms with E-state index in [1.807, 2.05) is 0 Å². The Labute approximate surface area is 134 Å². The Morgan fingerprint density at radius 2 is 1.91 bits per heavy atom. The molecule has 0 saturated carbocycles. The Morgan fingerprint density at radius 3 is 2.50 bits per heavy atom. The lowest BCUT2D eigenvalue weighted by Gasteiger charge is -2.26. The maximum Gasteiger partial charge on any atom is 0.303 e. The van der Waals surface area contributed by atoms with E-state index in [4.69, 9.17) is 5.11 Å². The van der Waals surface area contributed by atoms with Crippen molar-refractivity contribution < 1.29 is 9.90 Å². The molecule has 1 unspecified atom stereocenters. The van der Waals surface area contributed by atoms with Crippen molar-refractivity contribution >= 4 is 5.97 Å². The van der Waals surface area contributed by atoms with E-state index >= 15 is 0 Å². The first-order valence-corrected chi connectivity index (χ1v) is 8.44. The SMILES string of the molecule is CC(C)(C)c1ccc(C2CCCN2CCCCC(=O)O)cc1. The Morgan fingerprint density at radius 1 is 1.23 bits per heavy atom. The molecule has 122 valence electrons. The van der Waals surface area contributed by atoms with Crippen LogP contribution in [0.25, 0.3) is 0 Å². The van der Waals surface area contributed by atoms with Gasteiger partial charge in [-0.1, -0.05) is 45.0 Å². The molecule has 1 aromatic rings. The first-order valence-electron chi connectivity index (χ1n) is 8.44. The summed E-state index contributed by atoms with van der Waals surface area (Å²) < 4.78 is 0. The second kappa shape index (κ2) is 7.28. The number of hydrogen-bond donors (Lipinski definition) is 1. The zero-order valence-electron chi connectivity index (χ0n) is 14.1. The van der Waals surface area contributed by atoms with Crippen molar-refractivity contribution in [2.45, 2.75) is 64.3 Å². The molecule has 1 N–H and O–H groups in total. The quantitative estimate of drug-likeness (QED) is 0.793. The monoisotopic (exact) mass is 303 g/mol. The van der Waals surface area contributed by atoms with Crippen molar-refractivity contribution in [1.29, 1.82) is 0 Å². The van der Waals surface area contributed by atoms with Gasteiger partial charge in [-0.25, -0.2) is 0 Å². The van der Waals surface area contributed by atoms with Crippen molar-refractivity contribution in [2.75, 3.05) is 13.1 Å². The fraction of sp³-hybridized carbons (Fsp3) is 0.632. The molecular weight excluding hydrogens is 274 g/mol. The van der Waals surface area contributed by atoms with E-state index in [0.29, 0.717) is 12.5 Å². The fourth-order valence-corrected chi connectivity index (χ4v) is 3.27. The molecule has 1 atom stereocenters. The summed E-state index contributed by atoms with van der Waals surface area (Å²) in [6.07, 6.45) is 4.50. The minimum absolute atomic E-state index is 0.199. The fourth-order valence-electron chi connectivity index (χ4n) is 3.27. The molecule has 0 amide bonds. The number of unbranched alkanes of at least 4 members (excludes halogenated alkanes) is 1. The van der Waals surface area contributed by atoms with Gasteiger partial charge in [0.2, 0.25) is 0 Å². The number of carbonyl (C=O) groups is 1. The van der Waals surface area contributed by atoms with Crippen LogP contribution < -0.4 is 0 Å². The highest BCUT2D eigenvalue weighted by atomic mass is 16.4. The Hall–Kier alpha value is -1.35. The Kier molecular flexibility index (Phi) is 5.63. The zero-order valence-corrected chi connectivity index (χ0v) is 14.1. The molecule has 1 fully saturated rings. The summed E-state index contributed by atoms with van der Waals surface area (Å²) >= 11 is 0. The van der Waals surface area contributed by atoms with Crippen molar-refractivity contribution in [3.8, 4) is 0 Å². The lowest BCUT2D eigenvalue weighted by Crippen LogP contribution is -2.24. The van der Waals surface area contributed by atoms with Crippen LogP contribution in [0.2, 0.25) is 0 Å². The van der Waals surface area contributed by atoms with Crippen LogP contribution in [0.3, 0.4) is 0 Å². The molecule has 3 nitrogen and oxygen atoms in total. The molecule has 1 aliphatic heterocycles. The smallest absolute Gasteiger partial charge is 0.303 e. The zero-order chi connectivity index (χ0) is 16.2. The summed E-state index contributed by atoms with van der Waals surface area (Å²) in [6, 6.07) is 9.59. The topological polar surface area (TPSA) is 40.5 Å². The van der Waals surface area contributed by atoms with Crippen molar-refractivity contribution in [2.24, 2.45) is 0 Å². The van der Waals surface area contributed by atoms with E-state index < -0.39 is 5.97 Å². The maximum absolute atomic E-state index is 10.6. The maximum atomic E-state index is 10.6. The summed E-state index contributed by atoms with van der Waals surface area (Å²) in [6.45, 7) is 8.88. The standard InChI is InChI=1S/C19H29NO2/c1-19(2,3)16-11-9-15(10-12-16)17-7-6-14-20(17)13-5-4-8-18(21)22/h9-12,17H,4-8,13-14H2,1-3H3,(H,21,22). The lowest BCUT2D eigenvalue weighted by molar-refractivity contribution is -0.137. The van der Waals surface area contributed by atoms with Gasteiger partial charge in [0, 0.05) is 12.5 Å². The van der Waals surface area contributed by atoms with Gasteiger partial charge in [0.25, 0.3) is 0 Å². The van der Waals surface area contributed by atoms with Gasteiger partial charge in [-0.05, 0) is 55.3 Å². The minimum Gasteiger partial charge on any atom is -0.481 e. The first-order chi connectivity index (χ1) is 10.4. The molecule has 0 bridgehead atoms. The van der Waals surface area contributed by atoms with Gasteiger partial charge in [0.05, 0.1) is 0 Å². The molecule has 1 heterocycles. The number of carboxylic acids is 1. The third kappa shape index (κ3) is 4.57. The van der Waals surface area contributed by atoms with Crippen LogP contribution in [-0.2, 0) is 10.2 Å². The molecule has 1 aliphatic rings. The second-order valence-electron chi connectivity index (χ2n) is 7.42. The highest BCUT2D eigenvalue weighted by molar-refractivity contribution is 5.66. The largest absolute Gasteiger partial charge is 0.481 e. The summed E-state index contributed by atoms with van der Waals surface area (Å²) in [5, 5.41) is 8.71. The highest BCUT2D eigenvalue weighted by Crippen LogP contribution is 2.33. The first kappa shape index (κ1) is 17.0. The number of hydrogen-bond acceptors (Lipinski definition) is 2. The normalized spacial score (nSPS) is 19.5. The summed E-state index contributed by atoms with van der Waals surface area (Å²) in [5.41, 5.74) is 2.98. The number of carboxylic acid groups (broad SMARTS) is 1. The van der Waals surface area contributed by atoms with E-state index in [1.165, 1.54) is 24.0 Å². The van der Waals surface area contributed by atoms with Crippen molar-refractivity contribution in [3.63, 3.8) is 0 Å². The number of nitrogens with zero attached hydrogens (tertiary/aromatic N) is 1. The van der Waals surface area contributed by atoms with Gasteiger partial charge in [0.1, 0.15) is 0 Å². The molecule has 2 rings (SSSR count). The van der Waals surface area contributed by atoms with Crippen LogP contribution >= 0.6 is 0 Å². The molecule has 0 aromatic heterocycles. The van der Waals surface area contributed by atoms with Gasteiger partial charge in [-0.3, -0.25) is 9.69 Å². The van der Waals surface area contributed by atoms with Gasteiger partial charge in [-0.15, -0.1) is 0 Å². The van der Waals surface area contributed by atoms with Crippen LogP contribution in [0.15, 0.2) is 24.3 Å². The van der Waals surface area contributed by atoms with Crippen LogP contribution in [-0.4, -0.2) is 29.1 Å². The number of benzene rings is 1. The average molecular weight is 303 g/mol. The van der Waals surface area contributed by atoms with Crippen molar-refractivity contribution in [1.82, 2.24) is 4.90 Å². The summed E-state index contributed by atoms with van der Waals surface area (Å²) in [5.74, 6) is -0.684. The molecule has 22 heavy (non-hydrogen) atoms. The molecule has 3 heteroatoms. The predicted molar refractivity (Wildman–Crippen MR) is 90.2 cm³/mol. The summed E-state index contributed by atoms with van der Waals surface area (Å²) in [4.78, 5) is 13.1. The van der Waals surface area contributed by atoms with E-state index in [9.17, 15) is 4.79 Å². The summed E-state index contributed by atoms with van der Waals surface area (Å²) in [7, 11) is 0. The molecule has 0 spiro atoms. The predicted octanol–water partition coefficient (Wildman–Crippen LogP) is 4.38. The van der Waals surface area contributed by atoms with E-state index in [2.05, 4.69) is 49.9 Å². The van der Waals surface area contributed by atoms with Crippen molar-refractivity contribution in [3.05, 3.63) is 35.4 Å². The minimum atomic E-state index is -0.684. The third-order valence-corrected chi connectivity index (χ3v) is 4.61. The third-order valence-electron chi connectivity index (χ3n) is 4.61. The molecule has 1 aromatic carbocycles. The second-order valence-corrected chi connectivity index (χ2v) is 7.42. The van der Waals surface area contributed by atoms with Crippen LogP contribution in [0.5, 0.6) is 0 Å². The van der Waals surface area contributed by atoms with E-state index in [0.717, 1.165) is 25.9 Å². The van der Waals surface area contributed by atoms with Gasteiger partial charge >= 0.3 is 5.97 Å². The number of rotatable bonds is 6. The van der Waals surface area contributed by atoms with Crippen LogP contribution in [0.4, 0.5) is 0 Å². The number of likely N-dealkylation sites (tertiary alicyclic amines) is 1. The van der Waals surface area contributed by atoms with Crippen LogP contribution in [0.1, 0.15) is 70.0 Å². The number of aliphatic carboxylic acids is 1. The average Bonchev–Trinajstić information content (AvgIpc) is 2.91. The van der Waals surface area contributed by atoms with Crippen LogP contribution in [0, 0.1) is 0 Å². The van der Waals surface area contributed by atoms with Gasteiger partial charge in [0.15, 0.2) is 0 Å². The highest BCUT2D eigenvalue weighted by Gasteiger charge is 2.25.